The van der Waals surface area contributed by atoms with Crippen LogP contribution in [0.5, 0.6) is 5.75 Å². The van der Waals surface area contributed by atoms with E-state index >= 15 is 0 Å². The lowest BCUT2D eigenvalue weighted by Crippen LogP contribution is -2.51. The smallest absolute Gasteiger partial charge is 0.267 e. The van der Waals surface area contributed by atoms with E-state index in [9.17, 15) is 18.3 Å². The number of amides is 1. The van der Waals surface area contributed by atoms with Gasteiger partial charge in [-0.25, -0.2) is 12.7 Å². The molecule has 1 amide bonds. The Morgan fingerprint density at radius 3 is 2.62 bits per heavy atom. The van der Waals surface area contributed by atoms with E-state index in [0.29, 0.717) is 41.7 Å². The average Bonchev–Trinajstić information content (AvgIpc) is 3.04. The number of fused-ring (bicyclic) bond motifs is 3. The summed E-state index contributed by atoms with van der Waals surface area (Å²) in [6, 6.07) is 11.2. The third-order valence-electron chi connectivity index (χ3n) is 10.5. The van der Waals surface area contributed by atoms with Gasteiger partial charge in [-0.15, -0.1) is 0 Å². The lowest BCUT2D eigenvalue weighted by molar-refractivity contribution is -0.0863. The summed E-state index contributed by atoms with van der Waals surface area (Å²) in [4.78, 5) is 16.1. The van der Waals surface area contributed by atoms with Crippen molar-refractivity contribution >= 4 is 33.2 Å². The van der Waals surface area contributed by atoms with E-state index in [-0.39, 0.29) is 18.4 Å². The Hall–Kier alpha value is -2.59. The van der Waals surface area contributed by atoms with Gasteiger partial charge in [-0.3, -0.25) is 4.79 Å². The first-order chi connectivity index (χ1) is 21.5. The van der Waals surface area contributed by atoms with Crippen molar-refractivity contribution in [1.82, 2.24) is 4.31 Å². The number of carbonyl (C=O) groups is 1. The maximum absolute atomic E-state index is 13.8. The van der Waals surface area contributed by atoms with Crippen molar-refractivity contribution in [2.45, 2.75) is 76.3 Å². The van der Waals surface area contributed by atoms with Crippen molar-refractivity contribution in [1.29, 1.82) is 0 Å². The molecular weight excluding hydrogens is 612 g/mol. The van der Waals surface area contributed by atoms with E-state index in [1.807, 2.05) is 31.2 Å². The summed E-state index contributed by atoms with van der Waals surface area (Å²) in [5, 5.41) is 10.0. The highest BCUT2D eigenvalue weighted by Gasteiger charge is 2.47. The van der Waals surface area contributed by atoms with Crippen molar-refractivity contribution in [3.63, 3.8) is 0 Å². The molecule has 1 unspecified atom stereocenters. The highest BCUT2D eigenvalue weighted by molar-refractivity contribution is 7.90. The minimum atomic E-state index is -3.94. The van der Waals surface area contributed by atoms with Crippen molar-refractivity contribution in [2.24, 2.45) is 17.8 Å². The molecule has 8 nitrogen and oxygen atoms in total. The molecule has 1 saturated carbocycles. The number of rotatable bonds is 3. The molecule has 2 aromatic carbocycles. The zero-order chi connectivity index (χ0) is 32.4. The minimum absolute atomic E-state index is 0.0109. The van der Waals surface area contributed by atoms with E-state index in [1.54, 1.807) is 32.2 Å². The van der Waals surface area contributed by atoms with Crippen molar-refractivity contribution in [2.75, 3.05) is 38.8 Å². The Bertz CT molecular complexity index is 1510. The Kier molecular flexibility index (Phi) is 10.5. The number of ether oxygens (including phenoxy) is 2. The zero-order valence-corrected chi connectivity index (χ0v) is 28.4. The van der Waals surface area contributed by atoms with Gasteiger partial charge in [-0.05, 0) is 105 Å². The summed E-state index contributed by atoms with van der Waals surface area (Å²) in [7, 11) is -0.889. The fraction of sp³-hybridized carbons (Fsp3) is 0.571. The Morgan fingerprint density at radius 1 is 1.11 bits per heavy atom. The second-order valence-electron chi connectivity index (χ2n) is 13.0. The summed E-state index contributed by atoms with van der Waals surface area (Å²) in [6.45, 7) is 5.36. The van der Waals surface area contributed by atoms with Gasteiger partial charge >= 0.3 is 0 Å². The molecule has 0 aromatic heterocycles. The van der Waals surface area contributed by atoms with Crippen LogP contribution >= 0.6 is 11.6 Å². The standard InChI is InChI=1S/C35H47ClN2O6S/c1-24-8-7-16-35(43-4,17-19-39)31-14-11-28(31)22-38-18-6-5-9-26-20-30(36)13-10-29(26)23-44-33-15-12-27(21-32(33)38)34(40)37(3)45(41,42)25(24)2/h7,10,12-13,15-16,20-21,24-25,28,31,39H,5-6,8-9,11,14,17-19,22-23H2,1-4H3/b16-7+/t24?,25-,28+,31-,35+/m1/s1. The van der Waals surface area contributed by atoms with Crippen LogP contribution in [0.2, 0.25) is 5.02 Å². The Morgan fingerprint density at radius 2 is 1.91 bits per heavy atom. The third-order valence-corrected chi connectivity index (χ3v) is 13.0. The summed E-state index contributed by atoms with van der Waals surface area (Å²) in [5.74, 6) is 0.315. The van der Waals surface area contributed by atoms with Gasteiger partial charge in [-0.1, -0.05) is 36.7 Å². The first-order valence-corrected chi connectivity index (χ1v) is 18.0. The number of aliphatic hydroxyl groups excluding tert-OH is 1. The van der Waals surface area contributed by atoms with Crippen LogP contribution in [0.15, 0.2) is 48.6 Å². The van der Waals surface area contributed by atoms with E-state index in [0.717, 1.165) is 60.7 Å². The summed E-state index contributed by atoms with van der Waals surface area (Å²) in [6.07, 6.45) is 9.78. The normalized spacial score (nSPS) is 29.8. The lowest BCUT2D eigenvalue weighted by Gasteiger charge is -2.50. The van der Waals surface area contributed by atoms with Crippen molar-refractivity contribution in [3.05, 3.63) is 70.3 Å². The van der Waals surface area contributed by atoms with Gasteiger partial charge in [-0.2, -0.15) is 0 Å². The molecule has 45 heavy (non-hydrogen) atoms. The predicted octanol–water partition coefficient (Wildman–Crippen LogP) is 6.24. The molecule has 246 valence electrons. The summed E-state index contributed by atoms with van der Waals surface area (Å²) >= 11 is 6.34. The van der Waals surface area contributed by atoms with Crippen LogP contribution in [0, 0.1) is 17.8 Å². The molecule has 2 bridgehead atoms. The van der Waals surface area contributed by atoms with Crippen LogP contribution in [0.25, 0.3) is 0 Å². The molecule has 0 radical (unpaired) electrons. The molecule has 5 rings (SSSR count). The minimum Gasteiger partial charge on any atom is -0.487 e. The largest absolute Gasteiger partial charge is 0.487 e. The molecule has 0 saturated heterocycles. The average molecular weight is 659 g/mol. The van der Waals surface area contributed by atoms with Gasteiger partial charge in [0.2, 0.25) is 10.0 Å². The molecule has 2 aromatic rings. The maximum atomic E-state index is 13.8. The van der Waals surface area contributed by atoms with E-state index < -0.39 is 26.8 Å². The molecule has 3 aliphatic rings. The SMILES string of the molecule is CO[C@]1(CCO)/C=C/CC(C)[C@@H](C)S(=O)(=O)N(C)C(=O)c2ccc3c(c2)N(CCCCc2cc(Cl)ccc2CO3)C[C@@H]2CC[C@H]21. The fourth-order valence-corrected chi connectivity index (χ4v) is 8.92. The molecule has 2 aliphatic heterocycles. The molecule has 1 fully saturated rings. The Labute approximate surface area is 273 Å². The van der Waals surface area contributed by atoms with Gasteiger partial charge in [0, 0.05) is 50.9 Å². The molecule has 1 aliphatic carbocycles. The molecule has 10 heteroatoms. The maximum Gasteiger partial charge on any atom is 0.267 e. The number of benzene rings is 2. The zero-order valence-electron chi connectivity index (χ0n) is 26.9. The number of carbonyl (C=O) groups excluding carboxylic acids is 1. The van der Waals surface area contributed by atoms with Crippen LogP contribution in [0.3, 0.4) is 0 Å². The first kappa shape index (κ1) is 33.8. The highest BCUT2D eigenvalue weighted by Crippen LogP contribution is 2.47. The molecule has 0 spiro atoms. The number of halogens is 1. The number of aliphatic hydroxyl groups is 1. The topological polar surface area (TPSA) is 96.4 Å². The van der Waals surface area contributed by atoms with E-state index in [1.165, 1.54) is 12.6 Å². The third kappa shape index (κ3) is 6.92. The number of allylic oxidation sites excluding steroid dienone is 1. The van der Waals surface area contributed by atoms with Gasteiger partial charge in [0.05, 0.1) is 16.5 Å². The van der Waals surface area contributed by atoms with Crippen LogP contribution in [-0.2, 0) is 27.8 Å². The fourth-order valence-electron chi connectivity index (χ4n) is 7.19. The molecule has 5 atom stereocenters. The number of anilines is 1. The molecule has 1 N–H and O–H groups in total. The number of sulfonamides is 1. The van der Waals surface area contributed by atoms with Crippen LogP contribution < -0.4 is 9.64 Å². The first-order valence-electron chi connectivity index (χ1n) is 16.2. The lowest BCUT2D eigenvalue weighted by atomic mass is 9.63. The number of methoxy groups -OCH3 is 1. The van der Waals surface area contributed by atoms with Crippen LogP contribution in [0.4, 0.5) is 5.69 Å². The predicted molar refractivity (Wildman–Crippen MR) is 178 cm³/mol. The van der Waals surface area contributed by atoms with Crippen LogP contribution in [-0.4, -0.2) is 68.4 Å². The van der Waals surface area contributed by atoms with Gasteiger partial charge in [0.1, 0.15) is 12.4 Å². The summed E-state index contributed by atoms with van der Waals surface area (Å²) < 4.78 is 40.9. The van der Waals surface area contributed by atoms with Gasteiger partial charge in [0.25, 0.3) is 5.91 Å². The van der Waals surface area contributed by atoms with E-state index in [2.05, 4.69) is 11.0 Å². The molecular formula is C35H47ClN2O6S. The second kappa shape index (κ2) is 14.0. The number of hydrogen-bond donors (Lipinski definition) is 1. The highest BCUT2D eigenvalue weighted by atomic mass is 35.5. The quantitative estimate of drug-likeness (QED) is 0.390. The number of nitrogens with zero attached hydrogens (tertiary/aromatic N) is 2. The van der Waals surface area contributed by atoms with E-state index in [4.69, 9.17) is 21.1 Å². The second-order valence-corrected chi connectivity index (χ2v) is 15.8. The van der Waals surface area contributed by atoms with Gasteiger partial charge in [0.15, 0.2) is 0 Å². The van der Waals surface area contributed by atoms with Crippen molar-refractivity contribution in [3.8, 4) is 5.75 Å². The van der Waals surface area contributed by atoms with Crippen molar-refractivity contribution < 1.29 is 27.8 Å². The monoisotopic (exact) mass is 658 g/mol. The van der Waals surface area contributed by atoms with Crippen LogP contribution in [0.1, 0.15) is 73.9 Å². The molecule has 2 heterocycles. The summed E-state index contributed by atoms with van der Waals surface area (Å²) in [5.41, 5.74) is 2.68. The number of aryl methyl sites for hydroxylation is 1. The Balaban J connectivity index is 1.61. The van der Waals surface area contributed by atoms with Gasteiger partial charge < -0.3 is 19.5 Å². The number of hydrogen-bond acceptors (Lipinski definition) is 7.